The molecule has 2 saturated heterocycles. The molecule has 0 aromatic rings. The van der Waals surface area contributed by atoms with Crippen LogP contribution in [-0.2, 0) is 14.4 Å². The maximum Gasteiger partial charge on any atom is 0.234 e. The number of nitrogens with zero attached hydrogens (tertiary/aromatic N) is 3. The lowest BCUT2D eigenvalue weighted by molar-refractivity contribution is -0.142. The third-order valence-electron chi connectivity index (χ3n) is 5.22. The highest BCUT2D eigenvalue weighted by Gasteiger charge is 2.47. The average Bonchev–Trinajstić information content (AvgIpc) is 2.81. The van der Waals surface area contributed by atoms with Crippen LogP contribution < -0.4 is 5.32 Å². The van der Waals surface area contributed by atoms with E-state index in [0.29, 0.717) is 26.1 Å². The molecule has 1 aliphatic carbocycles. The van der Waals surface area contributed by atoms with Crippen molar-refractivity contribution in [1.82, 2.24) is 20.0 Å². The highest BCUT2D eigenvalue weighted by Crippen LogP contribution is 2.35. The zero-order valence-electron chi connectivity index (χ0n) is 15.1. The van der Waals surface area contributed by atoms with Crippen LogP contribution >= 0.6 is 0 Å². The number of hydrogen-bond acceptors (Lipinski definition) is 5. The molecule has 7 heteroatoms. The SMILES string of the molecule is CC(C)NC(=O)CN1CCN(CN2C(=O)[C@H]3CC=CC[C@H]3C2=O)CC1. The number of hydrogen-bond donors (Lipinski definition) is 1. The van der Waals surface area contributed by atoms with Crippen molar-refractivity contribution in [3.8, 4) is 0 Å². The summed E-state index contributed by atoms with van der Waals surface area (Å²) in [4.78, 5) is 42.6. The van der Waals surface area contributed by atoms with E-state index in [1.807, 2.05) is 26.0 Å². The van der Waals surface area contributed by atoms with E-state index >= 15 is 0 Å². The van der Waals surface area contributed by atoms with E-state index in [1.165, 1.54) is 4.90 Å². The molecule has 2 fully saturated rings. The standard InChI is InChI=1S/C18H28N4O3/c1-13(2)19-16(23)11-20-7-9-21(10-8-20)12-22-17(24)14-5-3-4-6-15(14)18(22)25/h3-4,13-15H,5-12H2,1-2H3,(H,19,23)/t14-,15+. The van der Waals surface area contributed by atoms with Gasteiger partial charge in [0, 0.05) is 32.2 Å². The first-order valence-electron chi connectivity index (χ1n) is 9.20. The fourth-order valence-corrected chi connectivity index (χ4v) is 3.87. The summed E-state index contributed by atoms with van der Waals surface area (Å²) in [7, 11) is 0. The number of amides is 3. The predicted octanol–water partition coefficient (Wildman–Crippen LogP) is 0.0373. The Morgan fingerprint density at radius 2 is 1.56 bits per heavy atom. The summed E-state index contributed by atoms with van der Waals surface area (Å²) in [5.41, 5.74) is 0. The molecule has 3 rings (SSSR count). The lowest BCUT2D eigenvalue weighted by Gasteiger charge is -2.36. The third kappa shape index (κ3) is 4.10. The maximum absolute atomic E-state index is 12.5. The predicted molar refractivity (Wildman–Crippen MR) is 93.4 cm³/mol. The number of carbonyl (C=O) groups excluding carboxylic acids is 3. The highest BCUT2D eigenvalue weighted by molar-refractivity contribution is 6.05. The molecule has 2 aliphatic heterocycles. The van der Waals surface area contributed by atoms with Gasteiger partial charge in [-0.05, 0) is 26.7 Å². The molecule has 3 amide bonds. The Morgan fingerprint density at radius 3 is 2.08 bits per heavy atom. The molecule has 2 atom stereocenters. The molecule has 138 valence electrons. The summed E-state index contributed by atoms with van der Waals surface area (Å²) >= 11 is 0. The zero-order chi connectivity index (χ0) is 18.0. The topological polar surface area (TPSA) is 73.0 Å². The number of carbonyl (C=O) groups is 3. The summed E-state index contributed by atoms with van der Waals surface area (Å²) < 4.78 is 0. The van der Waals surface area contributed by atoms with Crippen molar-refractivity contribution in [2.75, 3.05) is 39.4 Å². The highest BCUT2D eigenvalue weighted by atomic mass is 16.2. The van der Waals surface area contributed by atoms with E-state index in [2.05, 4.69) is 15.1 Å². The molecule has 0 aromatic carbocycles. The van der Waals surface area contributed by atoms with Gasteiger partial charge >= 0.3 is 0 Å². The molecule has 0 bridgehead atoms. The van der Waals surface area contributed by atoms with Gasteiger partial charge in [0.05, 0.1) is 25.0 Å². The molecule has 7 nitrogen and oxygen atoms in total. The first kappa shape index (κ1) is 18.1. The first-order valence-corrected chi connectivity index (χ1v) is 9.20. The Morgan fingerprint density at radius 1 is 1.04 bits per heavy atom. The van der Waals surface area contributed by atoms with Gasteiger partial charge in [-0.1, -0.05) is 12.2 Å². The van der Waals surface area contributed by atoms with Crippen molar-refractivity contribution in [2.45, 2.75) is 32.7 Å². The van der Waals surface area contributed by atoms with Gasteiger partial charge in [-0.15, -0.1) is 0 Å². The van der Waals surface area contributed by atoms with E-state index < -0.39 is 0 Å². The third-order valence-corrected chi connectivity index (χ3v) is 5.22. The van der Waals surface area contributed by atoms with Crippen molar-refractivity contribution >= 4 is 17.7 Å². The van der Waals surface area contributed by atoms with E-state index in [4.69, 9.17) is 0 Å². The fourth-order valence-electron chi connectivity index (χ4n) is 3.87. The average molecular weight is 348 g/mol. The number of nitrogens with one attached hydrogen (secondary N) is 1. The minimum atomic E-state index is -0.154. The van der Waals surface area contributed by atoms with Crippen molar-refractivity contribution in [3.63, 3.8) is 0 Å². The Labute approximate surface area is 149 Å². The molecular formula is C18H28N4O3. The van der Waals surface area contributed by atoms with E-state index in [9.17, 15) is 14.4 Å². The largest absolute Gasteiger partial charge is 0.353 e. The molecular weight excluding hydrogens is 320 g/mol. The Hall–Kier alpha value is -1.73. The monoisotopic (exact) mass is 348 g/mol. The molecule has 0 saturated carbocycles. The number of piperazine rings is 1. The number of likely N-dealkylation sites (tertiary alicyclic amines) is 1. The molecule has 2 heterocycles. The number of imide groups is 1. The van der Waals surface area contributed by atoms with Crippen molar-refractivity contribution in [2.24, 2.45) is 11.8 Å². The molecule has 0 aromatic heterocycles. The van der Waals surface area contributed by atoms with E-state index in [1.54, 1.807) is 0 Å². The van der Waals surface area contributed by atoms with Crippen LogP contribution in [0.15, 0.2) is 12.2 Å². The van der Waals surface area contributed by atoms with Gasteiger partial charge in [0.1, 0.15) is 0 Å². The molecule has 0 radical (unpaired) electrons. The second-order valence-corrected chi connectivity index (χ2v) is 7.52. The fraction of sp³-hybridized carbons (Fsp3) is 0.722. The van der Waals surface area contributed by atoms with Crippen LogP contribution in [0.1, 0.15) is 26.7 Å². The minimum Gasteiger partial charge on any atom is -0.353 e. The van der Waals surface area contributed by atoms with Gasteiger partial charge in [-0.3, -0.25) is 29.1 Å². The summed E-state index contributed by atoms with van der Waals surface area (Å²) in [6.45, 7) is 7.77. The van der Waals surface area contributed by atoms with Gasteiger partial charge in [-0.25, -0.2) is 0 Å². The van der Waals surface area contributed by atoms with Gasteiger partial charge < -0.3 is 5.32 Å². The second-order valence-electron chi connectivity index (χ2n) is 7.52. The second kappa shape index (κ2) is 7.66. The summed E-state index contributed by atoms with van der Waals surface area (Å²) in [5, 5.41) is 2.90. The van der Waals surface area contributed by atoms with Crippen molar-refractivity contribution in [1.29, 1.82) is 0 Å². The van der Waals surface area contributed by atoms with Gasteiger partial charge in [-0.2, -0.15) is 0 Å². The molecule has 0 unspecified atom stereocenters. The Bertz CT molecular complexity index is 541. The molecule has 3 aliphatic rings. The quantitative estimate of drug-likeness (QED) is 0.561. The Balaban J connectivity index is 1.47. The molecule has 1 N–H and O–H groups in total. The molecule has 25 heavy (non-hydrogen) atoms. The summed E-state index contributed by atoms with van der Waals surface area (Å²) in [5.74, 6) is -0.293. The Kier molecular flexibility index (Phi) is 5.54. The van der Waals surface area contributed by atoms with Gasteiger partial charge in [0.15, 0.2) is 0 Å². The van der Waals surface area contributed by atoms with Crippen LogP contribution in [0, 0.1) is 11.8 Å². The zero-order valence-corrected chi connectivity index (χ0v) is 15.1. The minimum absolute atomic E-state index is 0.0157. The van der Waals surface area contributed by atoms with Crippen molar-refractivity contribution < 1.29 is 14.4 Å². The van der Waals surface area contributed by atoms with Crippen LogP contribution in [-0.4, -0.2) is 77.9 Å². The smallest absolute Gasteiger partial charge is 0.234 e. The van der Waals surface area contributed by atoms with Gasteiger partial charge in [0.25, 0.3) is 0 Å². The number of rotatable bonds is 5. The van der Waals surface area contributed by atoms with Crippen LogP contribution in [0.3, 0.4) is 0 Å². The van der Waals surface area contributed by atoms with E-state index in [-0.39, 0.29) is 35.6 Å². The van der Waals surface area contributed by atoms with E-state index in [0.717, 1.165) is 26.2 Å². The normalized spacial score (nSPS) is 27.9. The summed E-state index contributed by atoms with van der Waals surface area (Å²) in [6.07, 6.45) is 5.39. The van der Waals surface area contributed by atoms with Crippen molar-refractivity contribution in [3.05, 3.63) is 12.2 Å². The first-order chi connectivity index (χ1) is 12.0. The van der Waals surface area contributed by atoms with Crippen LogP contribution in [0.5, 0.6) is 0 Å². The van der Waals surface area contributed by atoms with Crippen LogP contribution in [0.2, 0.25) is 0 Å². The molecule has 0 spiro atoms. The van der Waals surface area contributed by atoms with Gasteiger partial charge in [0.2, 0.25) is 17.7 Å². The number of allylic oxidation sites excluding steroid dienone is 2. The summed E-state index contributed by atoms with van der Waals surface area (Å²) in [6, 6.07) is 0.152. The lowest BCUT2D eigenvalue weighted by atomic mass is 9.85. The number of fused-ring (bicyclic) bond motifs is 1. The lowest BCUT2D eigenvalue weighted by Crippen LogP contribution is -2.53. The van der Waals surface area contributed by atoms with Crippen LogP contribution in [0.4, 0.5) is 0 Å². The maximum atomic E-state index is 12.5. The van der Waals surface area contributed by atoms with Crippen LogP contribution in [0.25, 0.3) is 0 Å².